The summed E-state index contributed by atoms with van der Waals surface area (Å²) in [4.78, 5) is 13.4. The van der Waals surface area contributed by atoms with E-state index in [0.29, 0.717) is 33.3 Å². The fraction of sp³-hybridized carbons (Fsp3) is 0.193. The molecule has 9 aromatic rings. The maximum atomic E-state index is 9.79. The van der Waals surface area contributed by atoms with E-state index in [1.54, 1.807) is 87.5 Å². The van der Waals surface area contributed by atoms with Gasteiger partial charge in [0.2, 0.25) is 0 Å². The number of aryl methyl sites for hydroxylation is 6. The van der Waals surface area contributed by atoms with Gasteiger partial charge in [0, 0.05) is 65.2 Å². The molecule has 0 N–H and O–H groups in total. The third kappa shape index (κ3) is 9.41. The van der Waals surface area contributed by atoms with Crippen molar-refractivity contribution in [3.8, 4) is 39.8 Å². The maximum Gasteiger partial charge on any atom is 0.144 e. The molecule has 0 amide bonds. The van der Waals surface area contributed by atoms with Gasteiger partial charge in [-0.15, -0.1) is 0 Å². The first-order valence-corrected chi connectivity index (χ1v) is 20.0. The topological polar surface area (TPSA) is 75.6 Å². The SMILES string of the molecule is [2H]c1cc2c(oc3c(-c4cc(C([2H])([2H])C(C)(C)C)c(C([2H])([2H])C([2H])([2H])c5cc(C([2H])([2H])C([2H])([2H])c6ccc(-c7ccccc7)nc6)cc(C([2H])([2H])C([2H])([2H])c6ccc(-c7ccccc7)nc6)c5)cn4)cccc32)c([2H])c1C#N. The summed E-state index contributed by atoms with van der Waals surface area (Å²) >= 11 is 0. The van der Waals surface area contributed by atoms with Crippen LogP contribution < -0.4 is 0 Å². The minimum absolute atomic E-state index is 0.0168. The second-order valence-corrected chi connectivity index (χ2v) is 15.6. The molecule has 5 aromatic carbocycles. The number of rotatable bonds is 13. The van der Waals surface area contributed by atoms with Crippen LogP contribution in [0.2, 0.25) is 0 Å². The normalized spacial score (nSPS) is 17.0. The predicted octanol–water partition coefficient (Wildman–Crippen LogP) is 13.6. The highest BCUT2D eigenvalue weighted by atomic mass is 16.3. The van der Waals surface area contributed by atoms with Gasteiger partial charge in [-0.3, -0.25) is 15.0 Å². The number of fused-ring (bicyclic) bond motifs is 3. The molecule has 0 saturated carbocycles. The van der Waals surface area contributed by atoms with Gasteiger partial charge in [-0.1, -0.05) is 124 Å². The maximum absolute atomic E-state index is 9.79. The van der Waals surface area contributed by atoms with Gasteiger partial charge in [0.25, 0.3) is 0 Å². The van der Waals surface area contributed by atoms with E-state index < -0.39 is 72.3 Å². The van der Waals surface area contributed by atoms with E-state index in [2.05, 4.69) is 15.0 Å². The predicted molar refractivity (Wildman–Crippen MR) is 253 cm³/mol. The second-order valence-electron chi connectivity index (χ2n) is 15.6. The summed E-state index contributed by atoms with van der Waals surface area (Å²) in [7, 11) is 0. The average Bonchev–Trinajstić information content (AvgIpc) is 3.94. The van der Waals surface area contributed by atoms with Crippen molar-refractivity contribution in [3.05, 3.63) is 209 Å². The Hall–Kier alpha value is -7.16. The third-order valence-electron chi connectivity index (χ3n) is 9.80. The highest BCUT2D eigenvalue weighted by Crippen LogP contribution is 2.37. The highest BCUT2D eigenvalue weighted by Gasteiger charge is 2.19. The Morgan fingerprint density at radius 3 is 1.68 bits per heavy atom. The van der Waals surface area contributed by atoms with Crippen LogP contribution in [0.1, 0.15) is 87.2 Å². The summed E-state index contributed by atoms with van der Waals surface area (Å²) in [5.41, 5.74) is -2.18. The summed E-state index contributed by atoms with van der Waals surface area (Å²) in [5.74, 6) is 0. The number of aromatic nitrogens is 3. The Bertz CT molecular complexity index is 3670. The highest BCUT2D eigenvalue weighted by molar-refractivity contribution is 6.09. The van der Waals surface area contributed by atoms with Gasteiger partial charge in [-0.05, 0) is 131 Å². The van der Waals surface area contributed by atoms with Crippen LogP contribution in [0.4, 0.5) is 0 Å². The zero-order valence-electron chi connectivity index (χ0n) is 50.1. The molecule has 5 nitrogen and oxygen atoms in total. The van der Waals surface area contributed by atoms with Crippen LogP contribution in [0, 0.1) is 16.7 Å². The van der Waals surface area contributed by atoms with Crippen molar-refractivity contribution in [3.63, 3.8) is 0 Å². The van der Waals surface area contributed by atoms with E-state index >= 15 is 0 Å². The zero-order chi connectivity index (χ0) is 56.8. The lowest BCUT2D eigenvalue weighted by molar-refractivity contribution is 0.409. The minimum atomic E-state index is -3.39. The Morgan fingerprint density at radius 1 is 0.565 bits per heavy atom. The lowest BCUT2D eigenvalue weighted by Crippen LogP contribution is -2.12. The molecule has 0 atom stereocenters. The number of pyridine rings is 3. The summed E-state index contributed by atoms with van der Waals surface area (Å²) in [6.07, 6.45) is -18.3. The van der Waals surface area contributed by atoms with Crippen molar-refractivity contribution in [1.29, 1.82) is 5.26 Å². The van der Waals surface area contributed by atoms with E-state index in [9.17, 15) is 24.5 Å². The lowest BCUT2D eigenvalue weighted by Gasteiger charge is -2.21. The Labute approximate surface area is 387 Å². The summed E-state index contributed by atoms with van der Waals surface area (Å²) in [5, 5.41) is 10.5. The third-order valence-corrected chi connectivity index (χ3v) is 9.80. The van der Waals surface area contributed by atoms with E-state index in [1.807, 2.05) is 18.2 Å². The Morgan fingerprint density at radius 2 is 1.13 bits per heavy atom. The molecular formula is C57H50N4O. The summed E-state index contributed by atoms with van der Waals surface area (Å²) in [6.45, 7) is 4.71. The molecule has 5 heteroatoms. The van der Waals surface area contributed by atoms with Crippen molar-refractivity contribution in [2.45, 2.75) is 65.4 Å². The first-order valence-electron chi connectivity index (χ1n) is 28.0. The van der Waals surface area contributed by atoms with Gasteiger partial charge >= 0.3 is 0 Å². The molecule has 0 spiro atoms. The fourth-order valence-corrected chi connectivity index (χ4v) is 6.91. The molecule has 0 aliphatic heterocycles. The molecule has 0 aliphatic carbocycles. The first-order chi connectivity index (χ1) is 36.4. The zero-order valence-corrected chi connectivity index (χ0v) is 34.1. The van der Waals surface area contributed by atoms with Crippen LogP contribution in [-0.2, 0) is 44.6 Å². The van der Waals surface area contributed by atoms with Crippen LogP contribution in [0.15, 0.2) is 169 Å². The van der Waals surface area contributed by atoms with Gasteiger partial charge < -0.3 is 4.42 Å². The smallest absolute Gasteiger partial charge is 0.144 e. The average molecular weight is 823 g/mol. The van der Waals surface area contributed by atoms with Gasteiger partial charge in [-0.2, -0.15) is 5.26 Å². The van der Waals surface area contributed by atoms with Crippen LogP contribution in [-0.4, -0.2) is 15.0 Å². The molecule has 304 valence electrons. The van der Waals surface area contributed by atoms with Crippen molar-refractivity contribution in [1.82, 2.24) is 15.0 Å². The molecule has 9 rings (SSSR count). The van der Waals surface area contributed by atoms with Gasteiger partial charge in [-0.25, -0.2) is 0 Å². The fourth-order valence-electron chi connectivity index (χ4n) is 6.91. The summed E-state index contributed by atoms with van der Waals surface area (Å²) < 4.78 is 157. The quantitative estimate of drug-likeness (QED) is 0.116. The summed E-state index contributed by atoms with van der Waals surface area (Å²) in [6, 6.07) is 35.3. The largest absolute Gasteiger partial charge is 0.455 e. The molecule has 4 heterocycles. The molecule has 0 saturated heterocycles. The van der Waals surface area contributed by atoms with Gasteiger partial charge in [0.05, 0.1) is 31.5 Å². The lowest BCUT2D eigenvalue weighted by atomic mass is 9.85. The first kappa shape index (κ1) is 25.6. The molecule has 0 fully saturated rings. The Kier molecular flexibility index (Phi) is 7.35. The molecule has 0 unspecified atom stereocenters. The van der Waals surface area contributed by atoms with E-state index in [0.717, 1.165) is 36.8 Å². The van der Waals surface area contributed by atoms with Crippen LogP contribution in [0.25, 0.3) is 55.7 Å². The number of hydrogen-bond donors (Lipinski definition) is 0. The van der Waals surface area contributed by atoms with Crippen LogP contribution in [0.3, 0.4) is 0 Å². The molecular weight excluding hydrogens is 757 g/mol. The van der Waals surface area contributed by atoms with Gasteiger partial charge in [0.15, 0.2) is 0 Å². The molecule has 0 aliphatic rings. The van der Waals surface area contributed by atoms with Crippen molar-refractivity contribution in [2.75, 3.05) is 0 Å². The van der Waals surface area contributed by atoms with E-state index in [1.165, 1.54) is 36.4 Å². The number of nitriles is 1. The molecule has 0 radical (unpaired) electrons. The number of furan rings is 1. The Balaban J connectivity index is 1.22. The van der Waals surface area contributed by atoms with E-state index in [4.69, 9.17) is 7.16 Å². The second kappa shape index (κ2) is 17.8. The van der Waals surface area contributed by atoms with Crippen molar-refractivity contribution < 1.29 is 26.3 Å². The molecule has 0 bridgehead atoms. The number of nitrogens with zero attached hydrogens (tertiary/aromatic N) is 4. The minimum Gasteiger partial charge on any atom is -0.455 e. The van der Waals surface area contributed by atoms with Crippen molar-refractivity contribution >= 4 is 21.9 Å². The van der Waals surface area contributed by atoms with E-state index in [-0.39, 0.29) is 56.8 Å². The van der Waals surface area contributed by atoms with Gasteiger partial charge in [0.1, 0.15) is 11.2 Å². The standard InChI is InChI=1S/C57H50N4O/c1-57(2,3)34-48-33-54(51-16-10-15-50-49-26-22-44(35-58)32-55(49)62-56(50)51)61-38-47(48)25-21-43-30-41(19-17-39-23-27-52(59-36-39)45-11-6-4-7-12-45)29-42(31-43)20-18-40-24-28-53(60-37-40)46-13-8-5-9-14-46/h4-16,22-24,26-33,36-38H,17-21,25,34H2,1-3H3/i17D2,18D2,19D2,20D2,21D2,22D,25D2,32D,34D2. The van der Waals surface area contributed by atoms with Crippen molar-refractivity contribution in [2.24, 2.45) is 5.41 Å². The molecule has 4 aromatic heterocycles. The number of para-hydroxylation sites is 1. The number of benzene rings is 5. The van der Waals surface area contributed by atoms with Crippen LogP contribution in [0.5, 0.6) is 0 Å². The monoisotopic (exact) mass is 822 g/mol. The number of hydrogen-bond acceptors (Lipinski definition) is 5. The molecule has 62 heavy (non-hydrogen) atoms. The van der Waals surface area contributed by atoms with Crippen LogP contribution >= 0.6 is 0 Å².